The quantitative estimate of drug-likeness (QED) is 0.755. The zero-order chi connectivity index (χ0) is 11.4. The maximum atomic E-state index is 5.24. The molecule has 0 unspecified atom stereocenters. The molecule has 0 radical (unpaired) electrons. The van der Waals surface area contributed by atoms with Gasteiger partial charge in [0, 0.05) is 11.0 Å². The Hall–Kier alpha value is -0.610. The Morgan fingerprint density at radius 1 is 1.44 bits per heavy atom. The molecule has 1 heterocycles. The summed E-state index contributed by atoms with van der Waals surface area (Å²) >= 11 is 3.63. The minimum absolute atomic E-state index is 0.879. The summed E-state index contributed by atoms with van der Waals surface area (Å²) in [4.78, 5) is 5.96. The maximum absolute atomic E-state index is 5.24. The lowest BCUT2D eigenvalue weighted by Crippen LogP contribution is -1.96. The molecular formula is C12H15NOS2. The van der Waals surface area contributed by atoms with Crippen molar-refractivity contribution in [2.45, 2.75) is 17.7 Å². The first-order chi connectivity index (χ1) is 7.83. The summed E-state index contributed by atoms with van der Waals surface area (Å²) < 4.78 is 5.24. The van der Waals surface area contributed by atoms with Crippen LogP contribution >= 0.6 is 23.5 Å². The van der Waals surface area contributed by atoms with Crippen molar-refractivity contribution in [3.63, 3.8) is 0 Å². The molecule has 0 saturated heterocycles. The molecule has 0 fully saturated rings. The Morgan fingerprint density at radius 3 is 3.06 bits per heavy atom. The number of nitrogens with zero attached hydrogens (tertiary/aromatic N) is 1. The van der Waals surface area contributed by atoms with Gasteiger partial charge >= 0.3 is 0 Å². The lowest BCUT2D eigenvalue weighted by Gasteiger charge is -2.12. The first-order valence-electron chi connectivity index (χ1n) is 5.26. The van der Waals surface area contributed by atoms with Gasteiger partial charge in [-0.3, -0.25) is 0 Å². The third kappa shape index (κ3) is 2.74. The van der Waals surface area contributed by atoms with Gasteiger partial charge in [-0.25, -0.2) is 4.99 Å². The van der Waals surface area contributed by atoms with Crippen molar-refractivity contribution in [2.24, 2.45) is 4.99 Å². The van der Waals surface area contributed by atoms with Crippen LogP contribution in [0.25, 0.3) is 0 Å². The molecule has 0 amide bonds. The highest BCUT2D eigenvalue weighted by atomic mass is 32.2. The summed E-state index contributed by atoms with van der Waals surface area (Å²) in [5, 5.41) is 1.22. The predicted molar refractivity (Wildman–Crippen MR) is 73.6 cm³/mol. The van der Waals surface area contributed by atoms with E-state index in [-0.39, 0.29) is 0 Å². The van der Waals surface area contributed by atoms with E-state index in [1.165, 1.54) is 22.1 Å². The average Bonchev–Trinajstić information content (AvgIpc) is 2.30. The van der Waals surface area contributed by atoms with Crippen molar-refractivity contribution in [3.05, 3.63) is 18.2 Å². The van der Waals surface area contributed by atoms with E-state index < -0.39 is 0 Å². The van der Waals surface area contributed by atoms with Crippen LogP contribution in [0.3, 0.4) is 0 Å². The van der Waals surface area contributed by atoms with Crippen LogP contribution in [0.2, 0.25) is 0 Å². The van der Waals surface area contributed by atoms with Crippen molar-refractivity contribution in [1.82, 2.24) is 0 Å². The summed E-state index contributed by atoms with van der Waals surface area (Å²) in [6.45, 7) is 0. The lowest BCUT2D eigenvalue weighted by molar-refractivity contribution is 0.414. The highest BCUT2D eigenvalue weighted by molar-refractivity contribution is 8.13. The lowest BCUT2D eigenvalue weighted by atomic mass is 10.3. The number of hydrogen-bond acceptors (Lipinski definition) is 4. The maximum Gasteiger partial charge on any atom is 0.121 e. The summed E-state index contributed by atoms with van der Waals surface area (Å²) in [5.41, 5.74) is 1.05. The van der Waals surface area contributed by atoms with Gasteiger partial charge in [-0.15, -0.1) is 23.5 Å². The van der Waals surface area contributed by atoms with E-state index in [1.807, 2.05) is 23.9 Å². The van der Waals surface area contributed by atoms with Gasteiger partial charge in [0.2, 0.25) is 0 Å². The van der Waals surface area contributed by atoms with E-state index in [0.29, 0.717) is 0 Å². The van der Waals surface area contributed by atoms with Gasteiger partial charge in [0.15, 0.2) is 0 Å². The van der Waals surface area contributed by atoms with Gasteiger partial charge in [-0.05, 0) is 37.0 Å². The SMILES string of the molecule is COc1ccc2c(c1)/N=C(/SC)CCCS2. The van der Waals surface area contributed by atoms with Crippen LogP contribution in [0.4, 0.5) is 5.69 Å². The van der Waals surface area contributed by atoms with E-state index >= 15 is 0 Å². The number of aliphatic imine (C=N–C) groups is 1. The molecule has 1 aliphatic rings. The van der Waals surface area contributed by atoms with Crippen LogP contribution in [-0.2, 0) is 0 Å². The molecule has 1 aliphatic heterocycles. The van der Waals surface area contributed by atoms with E-state index in [9.17, 15) is 0 Å². The van der Waals surface area contributed by atoms with Crippen molar-refractivity contribution in [1.29, 1.82) is 0 Å². The largest absolute Gasteiger partial charge is 0.497 e. The van der Waals surface area contributed by atoms with Gasteiger partial charge in [0.05, 0.1) is 17.8 Å². The Morgan fingerprint density at radius 2 is 2.31 bits per heavy atom. The van der Waals surface area contributed by atoms with Crippen molar-refractivity contribution in [3.8, 4) is 5.75 Å². The van der Waals surface area contributed by atoms with E-state index in [1.54, 1.807) is 18.9 Å². The van der Waals surface area contributed by atoms with Gasteiger partial charge in [0.25, 0.3) is 0 Å². The molecule has 86 valence electrons. The van der Waals surface area contributed by atoms with Gasteiger partial charge in [-0.2, -0.15) is 0 Å². The monoisotopic (exact) mass is 253 g/mol. The molecule has 0 bridgehead atoms. The summed E-state index contributed by atoms with van der Waals surface area (Å²) in [6.07, 6.45) is 4.38. The summed E-state index contributed by atoms with van der Waals surface area (Å²) in [5.74, 6) is 2.04. The number of ether oxygens (including phenoxy) is 1. The Balaban J connectivity index is 2.40. The highest BCUT2D eigenvalue weighted by Crippen LogP contribution is 2.36. The van der Waals surface area contributed by atoms with Crippen molar-refractivity contribution in [2.75, 3.05) is 19.1 Å². The minimum Gasteiger partial charge on any atom is -0.497 e. The van der Waals surface area contributed by atoms with Crippen molar-refractivity contribution < 1.29 is 4.74 Å². The predicted octanol–water partition coefficient (Wildman–Crippen LogP) is 3.97. The summed E-state index contributed by atoms with van der Waals surface area (Å²) in [6, 6.07) is 6.12. The topological polar surface area (TPSA) is 21.6 Å². The van der Waals surface area contributed by atoms with E-state index in [2.05, 4.69) is 12.3 Å². The normalized spacial score (nSPS) is 19.0. The number of rotatable bonds is 1. The van der Waals surface area contributed by atoms with Gasteiger partial charge in [-0.1, -0.05) is 0 Å². The van der Waals surface area contributed by atoms with Gasteiger partial charge < -0.3 is 4.74 Å². The fourth-order valence-electron chi connectivity index (χ4n) is 1.58. The zero-order valence-electron chi connectivity index (χ0n) is 9.53. The fraction of sp³-hybridized carbons (Fsp3) is 0.417. The molecule has 0 aliphatic carbocycles. The third-order valence-corrected chi connectivity index (χ3v) is 4.36. The Kier molecular flexibility index (Phi) is 4.18. The number of methoxy groups -OCH3 is 1. The first-order valence-corrected chi connectivity index (χ1v) is 7.47. The third-order valence-electron chi connectivity index (χ3n) is 2.44. The molecule has 0 aromatic heterocycles. The molecule has 1 aromatic carbocycles. The van der Waals surface area contributed by atoms with Crippen LogP contribution in [-0.4, -0.2) is 24.2 Å². The van der Waals surface area contributed by atoms with Crippen LogP contribution in [0.15, 0.2) is 28.1 Å². The smallest absolute Gasteiger partial charge is 0.121 e. The van der Waals surface area contributed by atoms with Crippen LogP contribution in [0.5, 0.6) is 5.75 Å². The molecule has 4 heteroatoms. The van der Waals surface area contributed by atoms with Crippen LogP contribution < -0.4 is 4.74 Å². The number of hydrogen-bond donors (Lipinski definition) is 0. The molecule has 1 aromatic rings. The second-order valence-electron chi connectivity index (χ2n) is 3.50. The number of thioether (sulfide) groups is 2. The molecule has 2 nitrogen and oxygen atoms in total. The Bertz CT molecular complexity index is 404. The van der Waals surface area contributed by atoms with Crippen LogP contribution in [0.1, 0.15) is 12.8 Å². The second-order valence-corrected chi connectivity index (χ2v) is 5.51. The molecule has 0 spiro atoms. The highest BCUT2D eigenvalue weighted by Gasteiger charge is 2.09. The second kappa shape index (κ2) is 5.64. The number of fused-ring (bicyclic) bond motifs is 1. The van der Waals surface area contributed by atoms with Gasteiger partial charge in [0.1, 0.15) is 5.75 Å². The first kappa shape index (κ1) is 11.9. The Labute approximate surface area is 105 Å². The van der Waals surface area contributed by atoms with E-state index in [0.717, 1.165) is 17.9 Å². The molecule has 0 N–H and O–H groups in total. The fourth-order valence-corrected chi connectivity index (χ4v) is 3.04. The van der Waals surface area contributed by atoms with E-state index in [4.69, 9.17) is 9.73 Å². The average molecular weight is 253 g/mol. The molecule has 2 rings (SSSR count). The minimum atomic E-state index is 0.879. The summed E-state index contributed by atoms with van der Waals surface area (Å²) in [7, 11) is 1.69. The van der Waals surface area contributed by atoms with Crippen LogP contribution in [0, 0.1) is 0 Å². The molecule has 0 saturated carbocycles. The standard InChI is InChI=1S/C12H15NOS2/c1-14-9-5-6-11-10(8-9)13-12(15-2)4-3-7-16-11/h5-6,8H,3-4,7H2,1-2H3/b13-12+. The molecule has 0 atom stereocenters. The number of benzene rings is 1. The molecule has 16 heavy (non-hydrogen) atoms. The van der Waals surface area contributed by atoms with Crippen molar-refractivity contribution >= 4 is 34.3 Å². The molecular weight excluding hydrogens is 238 g/mol. The zero-order valence-corrected chi connectivity index (χ0v) is 11.2.